The van der Waals surface area contributed by atoms with Crippen molar-refractivity contribution in [1.29, 1.82) is 0 Å². The highest BCUT2D eigenvalue weighted by Crippen LogP contribution is 2.41. The fraction of sp³-hybridized carbons (Fsp3) is 0.296. The van der Waals surface area contributed by atoms with Crippen LogP contribution in [0.15, 0.2) is 54.7 Å². The van der Waals surface area contributed by atoms with Crippen LogP contribution in [-0.4, -0.2) is 26.6 Å². The summed E-state index contributed by atoms with van der Waals surface area (Å²) < 4.78 is 30.5. The van der Waals surface area contributed by atoms with Gasteiger partial charge in [-0.2, -0.15) is 9.83 Å². The second kappa shape index (κ2) is 8.76. The quantitative estimate of drug-likeness (QED) is 0.305. The normalized spacial score (nSPS) is 17.6. The van der Waals surface area contributed by atoms with Crippen LogP contribution in [0.4, 0.5) is 8.78 Å². The summed E-state index contributed by atoms with van der Waals surface area (Å²) in [4.78, 5) is 15.7. The molecule has 180 valence electrons. The summed E-state index contributed by atoms with van der Waals surface area (Å²) in [5, 5.41) is 17.5. The smallest absolute Gasteiger partial charge is 0.254 e. The molecule has 5 rings (SSSR count). The van der Waals surface area contributed by atoms with E-state index in [1.807, 2.05) is 24.8 Å². The van der Waals surface area contributed by atoms with Crippen LogP contribution < -0.4 is 4.73 Å². The third-order valence-electron chi connectivity index (χ3n) is 6.90. The number of hydrogen-bond donors (Lipinski definition) is 0. The van der Waals surface area contributed by atoms with Gasteiger partial charge < -0.3 is 10.1 Å². The summed E-state index contributed by atoms with van der Waals surface area (Å²) in [6.45, 7) is 4.03. The first-order valence-electron chi connectivity index (χ1n) is 11.8. The number of carbonyl (C=O) groups is 1. The van der Waals surface area contributed by atoms with E-state index in [2.05, 4.69) is 0 Å². The molecule has 0 aliphatic carbocycles. The number of halogens is 2. The molecule has 0 N–H and O–H groups in total. The Morgan fingerprint density at radius 3 is 2.54 bits per heavy atom. The Bertz CT molecular complexity index is 1430. The minimum atomic E-state index is -0.641. The number of fused-ring (bicyclic) bond motifs is 2. The van der Waals surface area contributed by atoms with Crippen LogP contribution in [0.3, 0.4) is 0 Å². The van der Waals surface area contributed by atoms with Crippen molar-refractivity contribution in [1.82, 2.24) is 14.7 Å². The summed E-state index contributed by atoms with van der Waals surface area (Å²) in [6, 6.07) is 11.7. The van der Waals surface area contributed by atoms with Crippen LogP contribution in [0.5, 0.6) is 0 Å². The van der Waals surface area contributed by atoms with E-state index in [-0.39, 0.29) is 18.0 Å². The van der Waals surface area contributed by atoms with Gasteiger partial charge in [0.15, 0.2) is 6.20 Å². The van der Waals surface area contributed by atoms with Crippen molar-refractivity contribution in [3.05, 3.63) is 88.4 Å². The first-order chi connectivity index (χ1) is 16.8. The van der Waals surface area contributed by atoms with Gasteiger partial charge in [0.1, 0.15) is 11.6 Å². The van der Waals surface area contributed by atoms with E-state index >= 15 is 0 Å². The SMILES string of the molecule is CCC1Cc2c(nn(C)c2-c2cc(F)cc(F)c2)C(CC)N1C(=O)c1ccc2c(ccc[n+]2[O-])c1. The topological polar surface area (TPSA) is 65.1 Å². The number of amides is 1. The second-order valence-corrected chi connectivity index (χ2v) is 9.00. The molecule has 3 heterocycles. The molecule has 0 radical (unpaired) electrons. The standard InChI is InChI=1S/C27H26F2N4O2/c1-4-21-15-22-25(30-31(3)26(22)18-12-19(28)14-20(29)13-18)23(5-2)33(21)27(34)17-8-9-24-16(11-17)7-6-10-32(24)35/h6-14,21,23H,4-5,15H2,1-3H3. The average molecular weight is 477 g/mol. The van der Waals surface area contributed by atoms with Crippen LogP contribution in [0.1, 0.15) is 54.3 Å². The maximum absolute atomic E-state index is 14.0. The molecule has 2 aromatic heterocycles. The molecule has 0 spiro atoms. The van der Waals surface area contributed by atoms with E-state index in [0.29, 0.717) is 47.0 Å². The lowest BCUT2D eigenvalue weighted by atomic mass is 9.87. The summed E-state index contributed by atoms with van der Waals surface area (Å²) in [5.74, 6) is -1.41. The molecule has 0 fully saturated rings. The number of carbonyl (C=O) groups excluding carboxylic acids is 1. The first-order valence-corrected chi connectivity index (χ1v) is 11.8. The van der Waals surface area contributed by atoms with Gasteiger partial charge in [-0.1, -0.05) is 13.8 Å². The predicted molar refractivity (Wildman–Crippen MR) is 128 cm³/mol. The Morgan fingerprint density at radius 1 is 1.11 bits per heavy atom. The molecule has 8 heteroatoms. The minimum absolute atomic E-state index is 0.114. The molecule has 2 aromatic carbocycles. The maximum atomic E-state index is 14.0. The predicted octanol–water partition coefficient (Wildman–Crippen LogP) is 5.08. The maximum Gasteiger partial charge on any atom is 0.254 e. The van der Waals surface area contributed by atoms with Gasteiger partial charge in [0, 0.05) is 53.4 Å². The van der Waals surface area contributed by atoms with Gasteiger partial charge in [0.25, 0.3) is 5.91 Å². The lowest BCUT2D eigenvalue weighted by Gasteiger charge is -2.41. The highest BCUT2D eigenvalue weighted by molar-refractivity contribution is 5.98. The van der Waals surface area contributed by atoms with Crippen molar-refractivity contribution in [3.63, 3.8) is 0 Å². The van der Waals surface area contributed by atoms with E-state index < -0.39 is 11.6 Å². The summed E-state index contributed by atoms with van der Waals surface area (Å²) in [6.07, 6.45) is 3.31. The molecule has 1 amide bonds. The third-order valence-corrected chi connectivity index (χ3v) is 6.90. The van der Waals surface area contributed by atoms with Gasteiger partial charge in [-0.05, 0) is 49.6 Å². The number of aryl methyl sites for hydroxylation is 1. The molecule has 1 aliphatic rings. The van der Waals surface area contributed by atoms with Gasteiger partial charge in [-0.25, -0.2) is 8.78 Å². The molecule has 2 unspecified atom stereocenters. The molecule has 35 heavy (non-hydrogen) atoms. The van der Waals surface area contributed by atoms with Crippen molar-refractivity contribution in [2.45, 2.75) is 45.2 Å². The Hall–Kier alpha value is -3.81. The molecule has 4 aromatic rings. The Morgan fingerprint density at radius 2 is 1.86 bits per heavy atom. The van der Waals surface area contributed by atoms with Gasteiger partial charge >= 0.3 is 0 Å². The van der Waals surface area contributed by atoms with E-state index in [9.17, 15) is 18.8 Å². The number of benzene rings is 2. The minimum Gasteiger partial charge on any atom is -0.618 e. The number of pyridine rings is 1. The number of aromatic nitrogens is 3. The molecular weight excluding hydrogens is 450 g/mol. The lowest BCUT2D eigenvalue weighted by Crippen LogP contribution is -2.47. The Balaban J connectivity index is 1.60. The van der Waals surface area contributed by atoms with Gasteiger partial charge in [0.05, 0.1) is 17.4 Å². The zero-order valence-corrected chi connectivity index (χ0v) is 19.8. The highest BCUT2D eigenvalue weighted by atomic mass is 19.1. The van der Waals surface area contributed by atoms with Crippen molar-refractivity contribution >= 4 is 16.8 Å². The molecule has 6 nitrogen and oxygen atoms in total. The fourth-order valence-electron chi connectivity index (χ4n) is 5.34. The molecule has 0 bridgehead atoms. The average Bonchev–Trinajstić information content (AvgIpc) is 3.17. The largest absolute Gasteiger partial charge is 0.618 e. The van der Waals surface area contributed by atoms with Crippen LogP contribution in [0.2, 0.25) is 0 Å². The zero-order valence-electron chi connectivity index (χ0n) is 19.8. The van der Waals surface area contributed by atoms with E-state index in [1.165, 1.54) is 18.3 Å². The number of nitrogens with zero attached hydrogens (tertiary/aromatic N) is 4. The number of rotatable bonds is 4. The fourth-order valence-corrected chi connectivity index (χ4v) is 5.34. The lowest BCUT2D eigenvalue weighted by molar-refractivity contribution is -0.577. The van der Waals surface area contributed by atoms with Crippen molar-refractivity contribution < 1.29 is 18.3 Å². The van der Waals surface area contributed by atoms with E-state index in [1.54, 1.807) is 36.0 Å². The van der Waals surface area contributed by atoms with Gasteiger partial charge in [-0.15, -0.1) is 0 Å². The van der Waals surface area contributed by atoms with Crippen LogP contribution in [0, 0.1) is 16.8 Å². The Labute approximate surface area is 202 Å². The van der Waals surface area contributed by atoms with Crippen molar-refractivity contribution in [3.8, 4) is 11.3 Å². The highest BCUT2D eigenvalue weighted by Gasteiger charge is 2.40. The summed E-state index contributed by atoms with van der Waals surface area (Å²) in [5.41, 5.74) is 3.79. The van der Waals surface area contributed by atoms with Crippen LogP contribution in [0.25, 0.3) is 22.2 Å². The van der Waals surface area contributed by atoms with Crippen molar-refractivity contribution in [2.75, 3.05) is 0 Å². The van der Waals surface area contributed by atoms with Gasteiger partial charge in [-0.3, -0.25) is 9.48 Å². The first kappa shape index (κ1) is 23.0. The monoisotopic (exact) mass is 476 g/mol. The van der Waals surface area contributed by atoms with Gasteiger partial charge in [0.2, 0.25) is 5.52 Å². The zero-order chi connectivity index (χ0) is 24.9. The molecule has 0 saturated carbocycles. The molecule has 1 aliphatic heterocycles. The number of hydrogen-bond acceptors (Lipinski definition) is 3. The van der Waals surface area contributed by atoms with E-state index in [0.717, 1.165) is 22.1 Å². The summed E-state index contributed by atoms with van der Waals surface area (Å²) >= 11 is 0. The van der Waals surface area contributed by atoms with Crippen LogP contribution >= 0.6 is 0 Å². The van der Waals surface area contributed by atoms with E-state index in [4.69, 9.17) is 5.10 Å². The third kappa shape index (κ3) is 3.83. The van der Waals surface area contributed by atoms with Crippen molar-refractivity contribution in [2.24, 2.45) is 7.05 Å². The second-order valence-electron chi connectivity index (χ2n) is 9.00. The Kier molecular flexibility index (Phi) is 5.75. The molecule has 2 atom stereocenters. The summed E-state index contributed by atoms with van der Waals surface area (Å²) in [7, 11) is 1.76. The molecular formula is C27H26F2N4O2. The molecule has 0 saturated heterocycles. The van der Waals surface area contributed by atoms with Crippen LogP contribution in [-0.2, 0) is 13.5 Å².